The van der Waals surface area contributed by atoms with Gasteiger partial charge in [0.05, 0.1) is 25.4 Å². The van der Waals surface area contributed by atoms with Gasteiger partial charge in [-0.15, -0.1) is 12.4 Å². The fourth-order valence-corrected chi connectivity index (χ4v) is 5.04. The molecule has 0 amide bonds. The minimum Gasteiger partial charge on any atom is -0.490 e. The zero-order valence-electron chi connectivity index (χ0n) is 17.7. The van der Waals surface area contributed by atoms with Crippen LogP contribution < -0.4 is 14.8 Å². The average molecular weight is 426 g/mol. The van der Waals surface area contributed by atoms with Crippen molar-refractivity contribution in [2.75, 3.05) is 26.3 Å². The predicted molar refractivity (Wildman–Crippen MR) is 112 cm³/mol. The monoisotopic (exact) mass is 425 g/mol. The van der Waals surface area contributed by atoms with Crippen molar-refractivity contribution in [3.63, 3.8) is 0 Å². The summed E-state index contributed by atoms with van der Waals surface area (Å²) in [5, 5.41) is 3.39. The molecule has 0 aliphatic carbocycles. The second-order valence-electron chi connectivity index (χ2n) is 8.51. The highest BCUT2D eigenvalue weighted by molar-refractivity contribution is 5.85. The van der Waals surface area contributed by atoms with Gasteiger partial charge in [0.15, 0.2) is 11.5 Å². The molecule has 7 heteroatoms. The Kier molecular flexibility index (Phi) is 6.37. The van der Waals surface area contributed by atoms with Crippen molar-refractivity contribution in [1.82, 2.24) is 5.32 Å². The van der Waals surface area contributed by atoms with Gasteiger partial charge in [-0.3, -0.25) is 4.79 Å². The number of benzene rings is 1. The lowest BCUT2D eigenvalue weighted by atomic mass is 9.63. The van der Waals surface area contributed by atoms with Crippen LogP contribution in [0.15, 0.2) is 18.2 Å². The molecule has 6 nitrogen and oxygen atoms in total. The smallest absolute Gasteiger partial charge is 0.316 e. The number of esters is 1. The number of ether oxygens (including phenoxy) is 4. The number of nitrogens with one attached hydrogen (secondary N) is 1. The zero-order valence-corrected chi connectivity index (χ0v) is 18.5. The topological polar surface area (TPSA) is 66.0 Å². The molecule has 3 aliphatic rings. The quantitative estimate of drug-likeness (QED) is 0.742. The van der Waals surface area contributed by atoms with Gasteiger partial charge in [0.25, 0.3) is 0 Å². The molecule has 4 atom stereocenters. The Balaban J connectivity index is 0.00000240. The molecule has 0 spiro atoms. The van der Waals surface area contributed by atoms with E-state index in [0.29, 0.717) is 26.2 Å². The van der Waals surface area contributed by atoms with Gasteiger partial charge in [-0.05, 0) is 53.1 Å². The van der Waals surface area contributed by atoms with Crippen molar-refractivity contribution < 1.29 is 23.7 Å². The van der Waals surface area contributed by atoms with E-state index in [0.717, 1.165) is 30.0 Å². The summed E-state index contributed by atoms with van der Waals surface area (Å²) in [5.74, 6) is 1.41. The molecule has 0 saturated carbocycles. The van der Waals surface area contributed by atoms with E-state index < -0.39 is 11.0 Å². The first-order valence-electron chi connectivity index (χ1n) is 10.4. The first-order chi connectivity index (χ1) is 13.4. The van der Waals surface area contributed by atoms with Crippen LogP contribution in [-0.2, 0) is 14.3 Å². The van der Waals surface area contributed by atoms with E-state index in [4.69, 9.17) is 18.9 Å². The molecule has 2 fully saturated rings. The molecular weight excluding hydrogens is 394 g/mol. The van der Waals surface area contributed by atoms with E-state index >= 15 is 0 Å². The lowest BCUT2D eigenvalue weighted by Gasteiger charge is -2.56. The van der Waals surface area contributed by atoms with Crippen LogP contribution in [0.25, 0.3) is 0 Å². The van der Waals surface area contributed by atoms with E-state index in [1.165, 1.54) is 0 Å². The normalized spacial score (nSPS) is 31.8. The van der Waals surface area contributed by atoms with Crippen LogP contribution in [0.3, 0.4) is 0 Å². The molecule has 2 saturated heterocycles. The Labute approximate surface area is 179 Å². The van der Waals surface area contributed by atoms with Gasteiger partial charge >= 0.3 is 5.97 Å². The number of hydrogen-bond donors (Lipinski definition) is 1. The molecule has 4 rings (SSSR count). The van der Waals surface area contributed by atoms with E-state index in [2.05, 4.69) is 25.2 Å². The standard InChI is InChI=1S/C22H31NO5.ClH/c1-5-25-16-9-7-8-14-18-15(21(3,4)28-19(14)16)12-22(20(24)26-6-2)13-23-11-10-17(22)27-18;/h7-9,15,17-18,23H,5-6,10-13H2,1-4H3;1H/t15-,17-,18+,22-;/m0./s1. The van der Waals surface area contributed by atoms with Gasteiger partial charge in [-0.2, -0.15) is 0 Å². The molecule has 3 aliphatic heterocycles. The molecule has 29 heavy (non-hydrogen) atoms. The van der Waals surface area contributed by atoms with Crippen LogP contribution in [0.5, 0.6) is 11.5 Å². The molecule has 0 bridgehead atoms. The molecule has 1 aromatic carbocycles. The summed E-state index contributed by atoms with van der Waals surface area (Å²) in [4.78, 5) is 13.0. The van der Waals surface area contributed by atoms with Gasteiger partial charge in [-0.25, -0.2) is 0 Å². The van der Waals surface area contributed by atoms with Gasteiger partial charge in [0, 0.05) is 18.0 Å². The summed E-state index contributed by atoms with van der Waals surface area (Å²) in [6, 6.07) is 5.99. The minimum absolute atomic E-state index is 0. The van der Waals surface area contributed by atoms with Crippen LogP contribution in [0, 0.1) is 11.3 Å². The van der Waals surface area contributed by atoms with E-state index in [9.17, 15) is 4.79 Å². The van der Waals surface area contributed by atoms with Crippen molar-refractivity contribution in [2.45, 2.75) is 58.3 Å². The second-order valence-corrected chi connectivity index (χ2v) is 8.51. The highest BCUT2D eigenvalue weighted by Gasteiger charge is 2.60. The number of fused-ring (bicyclic) bond motifs is 4. The van der Waals surface area contributed by atoms with E-state index in [-0.39, 0.29) is 36.5 Å². The summed E-state index contributed by atoms with van der Waals surface area (Å²) >= 11 is 0. The maximum Gasteiger partial charge on any atom is 0.316 e. The second kappa shape index (κ2) is 8.32. The van der Waals surface area contributed by atoms with Gasteiger partial charge in [0.2, 0.25) is 0 Å². The third-order valence-electron chi connectivity index (χ3n) is 6.46. The Morgan fingerprint density at radius 3 is 2.79 bits per heavy atom. The van der Waals surface area contributed by atoms with Gasteiger partial charge in [0.1, 0.15) is 11.0 Å². The summed E-state index contributed by atoms with van der Waals surface area (Å²) in [6.45, 7) is 10.4. The maximum absolute atomic E-state index is 13.0. The largest absolute Gasteiger partial charge is 0.490 e. The van der Waals surface area contributed by atoms with Crippen molar-refractivity contribution in [3.05, 3.63) is 23.8 Å². The Bertz CT molecular complexity index is 755. The van der Waals surface area contributed by atoms with Crippen LogP contribution in [0.4, 0.5) is 0 Å². The number of piperidine rings is 1. The SMILES string of the molecule is CCOC(=O)[C@@]12CNCC[C@@H]1O[C@@H]1c3cccc(OCC)c3OC(C)(C)[C@H]1C2.Cl. The molecule has 162 valence electrons. The predicted octanol–water partition coefficient (Wildman–Crippen LogP) is 3.67. The van der Waals surface area contributed by atoms with Gasteiger partial charge < -0.3 is 24.3 Å². The third kappa shape index (κ3) is 3.60. The molecule has 1 aromatic rings. The molecule has 3 heterocycles. The van der Waals surface area contributed by atoms with Crippen molar-refractivity contribution >= 4 is 18.4 Å². The molecule has 1 N–H and O–H groups in total. The van der Waals surface area contributed by atoms with E-state index in [1.807, 2.05) is 26.0 Å². The lowest BCUT2D eigenvalue weighted by Crippen LogP contribution is -2.63. The number of rotatable bonds is 4. The summed E-state index contributed by atoms with van der Waals surface area (Å²) in [5.41, 5.74) is -0.135. The first kappa shape index (κ1) is 22.2. The highest BCUT2D eigenvalue weighted by Crippen LogP contribution is 2.57. The lowest BCUT2D eigenvalue weighted by molar-refractivity contribution is -0.223. The number of carbonyl (C=O) groups is 1. The Morgan fingerprint density at radius 1 is 1.28 bits per heavy atom. The zero-order chi connectivity index (χ0) is 19.9. The number of para-hydroxylation sites is 1. The van der Waals surface area contributed by atoms with Crippen LogP contribution in [0.2, 0.25) is 0 Å². The first-order valence-corrected chi connectivity index (χ1v) is 10.4. The van der Waals surface area contributed by atoms with Crippen LogP contribution in [-0.4, -0.2) is 44.0 Å². The average Bonchev–Trinajstić information content (AvgIpc) is 2.68. The van der Waals surface area contributed by atoms with Gasteiger partial charge in [-0.1, -0.05) is 12.1 Å². The highest BCUT2D eigenvalue weighted by atomic mass is 35.5. The molecule has 0 unspecified atom stereocenters. The van der Waals surface area contributed by atoms with Crippen LogP contribution in [0.1, 0.15) is 52.2 Å². The Morgan fingerprint density at radius 2 is 2.07 bits per heavy atom. The summed E-state index contributed by atoms with van der Waals surface area (Å²) in [6.07, 6.45) is 1.19. The van der Waals surface area contributed by atoms with Crippen molar-refractivity contribution in [1.29, 1.82) is 0 Å². The molecule has 0 radical (unpaired) electrons. The number of hydrogen-bond acceptors (Lipinski definition) is 6. The summed E-state index contributed by atoms with van der Waals surface area (Å²) in [7, 11) is 0. The number of carbonyl (C=O) groups excluding carboxylic acids is 1. The Hall–Kier alpha value is -1.50. The number of halogens is 1. The fraction of sp³-hybridized carbons (Fsp3) is 0.682. The fourth-order valence-electron chi connectivity index (χ4n) is 5.04. The molecule has 0 aromatic heterocycles. The van der Waals surface area contributed by atoms with Crippen LogP contribution >= 0.6 is 12.4 Å². The summed E-state index contributed by atoms with van der Waals surface area (Å²) < 4.78 is 24.4. The molecular formula is C22H32ClNO5. The van der Waals surface area contributed by atoms with Crippen molar-refractivity contribution in [3.8, 4) is 11.5 Å². The van der Waals surface area contributed by atoms with E-state index in [1.54, 1.807) is 0 Å². The van der Waals surface area contributed by atoms with Crippen molar-refractivity contribution in [2.24, 2.45) is 11.3 Å². The minimum atomic E-state index is -0.662. The third-order valence-corrected chi connectivity index (χ3v) is 6.46. The maximum atomic E-state index is 13.0.